The number of hydrogen-bond donors (Lipinski definition) is 1. The smallest absolute Gasteiger partial charge is 0.338 e. The highest BCUT2D eigenvalue weighted by molar-refractivity contribution is 9.10. The molecule has 1 N–H and O–H groups in total. The lowest BCUT2D eigenvalue weighted by Crippen LogP contribution is -2.23. The largest absolute Gasteiger partial charge is 0.452 e. The quantitative estimate of drug-likeness (QED) is 0.780. The Morgan fingerprint density at radius 1 is 1.08 bits per heavy atom. The van der Waals surface area contributed by atoms with Gasteiger partial charge in [-0.25, -0.2) is 4.79 Å². The lowest BCUT2D eigenvalue weighted by Gasteiger charge is -2.22. The number of benzene rings is 2. The standard InChI is InChI=1S/C19H20BrNO3/c1-19(2,3)15-9-4-5-10-16(15)21-17(22)12-24-18(23)13-7-6-8-14(20)11-13/h4-11H,12H2,1-3H3,(H,21,22). The minimum absolute atomic E-state index is 0.100. The van der Waals surface area contributed by atoms with Crippen molar-refractivity contribution in [3.05, 3.63) is 64.1 Å². The second-order valence-electron chi connectivity index (χ2n) is 6.43. The molecule has 1 amide bonds. The zero-order valence-corrected chi connectivity index (χ0v) is 15.5. The molecule has 0 radical (unpaired) electrons. The molecule has 0 heterocycles. The molecule has 0 saturated carbocycles. The van der Waals surface area contributed by atoms with Crippen molar-refractivity contribution < 1.29 is 14.3 Å². The molecule has 0 saturated heterocycles. The minimum Gasteiger partial charge on any atom is -0.452 e. The van der Waals surface area contributed by atoms with Crippen molar-refractivity contribution in [2.24, 2.45) is 0 Å². The van der Waals surface area contributed by atoms with Crippen molar-refractivity contribution in [2.45, 2.75) is 26.2 Å². The summed E-state index contributed by atoms with van der Waals surface area (Å²) in [6, 6.07) is 14.4. The summed E-state index contributed by atoms with van der Waals surface area (Å²) in [6.45, 7) is 5.89. The Labute approximate surface area is 150 Å². The molecule has 0 aliphatic carbocycles. The van der Waals surface area contributed by atoms with E-state index in [1.165, 1.54) is 0 Å². The van der Waals surface area contributed by atoms with E-state index < -0.39 is 5.97 Å². The fourth-order valence-corrected chi connectivity index (χ4v) is 2.66. The number of rotatable bonds is 4. The van der Waals surface area contributed by atoms with E-state index in [1.807, 2.05) is 30.3 Å². The van der Waals surface area contributed by atoms with E-state index in [9.17, 15) is 9.59 Å². The molecule has 126 valence electrons. The molecule has 0 aliphatic rings. The molecule has 0 aliphatic heterocycles. The predicted molar refractivity (Wildman–Crippen MR) is 98.2 cm³/mol. The summed E-state index contributed by atoms with van der Waals surface area (Å²) in [5, 5.41) is 2.81. The van der Waals surface area contributed by atoms with Gasteiger partial charge >= 0.3 is 5.97 Å². The number of carbonyl (C=O) groups is 2. The van der Waals surface area contributed by atoms with E-state index in [2.05, 4.69) is 42.0 Å². The summed E-state index contributed by atoms with van der Waals surface area (Å²) in [5.74, 6) is -0.898. The molecule has 4 nitrogen and oxygen atoms in total. The third-order valence-electron chi connectivity index (χ3n) is 3.40. The van der Waals surface area contributed by atoms with Crippen molar-refractivity contribution in [1.29, 1.82) is 0 Å². The fourth-order valence-electron chi connectivity index (χ4n) is 2.26. The van der Waals surface area contributed by atoms with E-state index in [4.69, 9.17) is 4.74 Å². The second-order valence-corrected chi connectivity index (χ2v) is 7.35. The maximum absolute atomic E-state index is 12.1. The van der Waals surface area contributed by atoms with Gasteiger partial charge in [-0.2, -0.15) is 0 Å². The zero-order chi connectivity index (χ0) is 17.7. The SMILES string of the molecule is CC(C)(C)c1ccccc1NC(=O)COC(=O)c1cccc(Br)c1. The van der Waals surface area contributed by atoms with Crippen LogP contribution in [0.2, 0.25) is 0 Å². The van der Waals surface area contributed by atoms with Gasteiger partial charge in [-0.1, -0.05) is 61.0 Å². The van der Waals surface area contributed by atoms with Crippen LogP contribution < -0.4 is 5.32 Å². The third-order valence-corrected chi connectivity index (χ3v) is 3.90. The number of ether oxygens (including phenoxy) is 1. The molecule has 5 heteroatoms. The van der Waals surface area contributed by atoms with E-state index in [0.29, 0.717) is 5.56 Å². The van der Waals surface area contributed by atoms with Crippen LogP contribution in [0.1, 0.15) is 36.7 Å². The Hall–Kier alpha value is -2.14. The Morgan fingerprint density at radius 3 is 2.46 bits per heavy atom. The number of carbonyl (C=O) groups excluding carboxylic acids is 2. The predicted octanol–water partition coefficient (Wildman–Crippen LogP) is 4.54. The molecule has 0 bridgehead atoms. The van der Waals surface area contributed by atoms with Crippen molar-refractivity contribution in [3.8, 4) is 0 Å². The minimum atomic E-state index is -0.532. The summed E-state index contributed by atoms with van der Waals surface area (Å²) in [7, 11) is 0. The molecule has 0 spiro atoms. The average molecular weight is 390 g/mol. The Balaban J connectivity index is 1.98. The van der Waals surface area contributed by atoms with Gasteiger partial charge in [-0.3, -0.25) is 4.79 Å². The summed E-state index contributed by atoms with van der Waals surface area (Å²) in [6.07, 6.45) is 0. The van der Waals surface area contributed by atoms with E-state index in [0.717, 1.165) is 15.7 Å². The van der Waals surface area contributed by atoms with Crippen molar-refractivity contribution in [2.75, 3.05) is 11.9 Å². The molecule has 0 aromatic heterocycles. The Kier molecular flexibility index (Phi) is 5.78. The van der Waals surface area contributed by atoms with Crippen LogP contribution in [-0.2, 0) is 14.9 Å². The topological polar surface area (TPSA) is 55.4 Å². The van der Waals surface area contributed by atoms with Gasteiger partial charge in [0.15, 0.2) is 6.61 Å². The molecule has 0 unspecified atom stereocenters. The molecule has 2 aromatic rings. The molecule has 2 rings (SSSR count). The molecular formula is C19H20BrNO3. The van der Waals surface area contributed by atoms with Crippen LogP contribution in [0, 0.1) is 0 Å². The highest BCUT2D eigenvalue weighted by Gasteiger charge is 2.19. The summed E-state index contributed by atoms with van der Waals surface area (Å²) in [5.41, 5.74) is 2.05. The third kappa shape index (κ3) is 4.93. The fraction of sp³-hybridized carbons (Fsp3) is 0.263. The number of anilines is 1. The molecule has 0 fully saturated rings. The maximum Gasteiger partial charge on any atom is 0.338 e. The first-order valence-electron chi connectivity index (χ1n) is 7.59. The molecule has 2 aromatic carbocycles. The zero-order valence-electron chi connectivity index (χ0n) is 13.9. The van der Waals surface area contributed by atoms with Crippen LogP contribution in [0.3, 0.4) is 0 Å². The van der Waals surface area contributed by atoms with Crippen LogP contribution >= 0.6 is 15.9 Å². The van der Waals surface area contributed by atoms with Crippen LogP contribution in [0.15, 0.2) is 53.0 Å². The molecule has 24 heavy (non-hydrogen) atoms. The number of esters is 1. The summed E-state index contributed by atoms with van der Waals surface area (Å²) in [4.78, 5) is 24.1. The van der Waals surface area contributed by atoms with Gasteiger partial charge < -0.3 is 10.1 Å². The second kappa shape index (κ2) is 7.62. The maximum atomic E-state index is 12.1. The highest BCUT2D eigenvalue weighted by Crippen LogP contribution is 2.29. The summed E-state index contributed by atoms with van der Waals surface area (Å²) < 4.78 is 5.85. The molecule has 0 atom stereocenters. The monoisotopic (exact) mass is 389 g/mol. The lowest BCUT2D eigenvalue weighted by molar-refractivity contribution is -0.119. The number of amides is 1. The van der Waals surface area contributed by atoms with Gasteiger partial charge in [0.05, 0.1) is 5.56 Å². The van der Waals surface area contributed by atoms with Gasteiger partial charge in [0, 0.05) is 10.2 Å². The average Bonchev–Trinajstić information content (AvgIpc) is 2.52. The van der Waals surface area contributed by atoms with Crippen molar-refractivity contribution in [1.82, 2.24) is 0 Å². The van der Waals surface area contributed by atoms with Crippen LogP contribution in [-0.4, -0.2) is 18.5 Å². The molecular weight excluding hydrogens is 370 g/mol. The van der Waals surface area contributed by atoms with Gasteiger partial charge in [0.1, 0.15) is 0 Å². The van der Waals surface area contributed by atoms with Gasteiger partial charge in [0.25, 0.3) is 5.91 Å². The first-order chi connectivity index (χ1) is 11.3. The number of halogens is 1. The Morgan fingerprint density at radius 2 is 1.79 bits per heavy atom. The van der Waals surface area contributed by atoms with Gasteiger partial charge in [0.2, 0.25) is 0 Å². The normalized spacial score (nSPS) is 11.0. The van der Waals surface area contributed by atoms with Crippen LogP contribution in [0.4, 0.5) is 5.69 Å². The van der Waals surface area contributed by atoms with E-state index in [-0.39, 0.29) is 17.9 Å². The van der Waals surface area contributed by atoms with Gasteiger partial charge in [-0.05, 0) is 35.2 Å². The first-order valence-corrected chi connectivity index (χ1v) is 8.39. The number of nitrogens with one attached hydrogen (secondary N) is 1. The lowest BCUT2D eigenvalue weighted by atomic mass is 9.86. The number of hydrogen-bond acceptors (Lipinski definition) is 3. The van der Waals surface area contributed by atoms with Crippen molar-refractivity contribution in [3.63, 3.8) is 0 Å². The number of para-hydroxylation sites is 1. The van der Waals surface area contributed by atoms with E-state index >= 15 is 0 Å². The van der Waals surface area contributed by atoms with Crippen LogP contribution in [0.5, 0.6) is 0 Å². The summed E-state index contributed by atoms with van der Waals surface area (Å²) >= 11 is 3.29. The van der Waals surface area contributed by atoms with E-state index in [1.54, 1.807) is 18.2 Å². The highest BCUT2D eigenvalue weighted by atomic mass is 79.9. The Bertz CT molecular complexity index is 750. The first kappa shape index (κ1) is 18.2. The van der Waals surface area contributed by atoms with Gasteiger partial charge in [-0.15, -0.1) is 0 Å². The van der Waals surface area contributed by atoms with Crippen molar-refractivity contribution >= 4 is 33.5 Å². The van der Waals surface area contributed by atoms with Crippen LogP contribution in [0.25, 0.3) is 0 Å².